The number of amides is 2. The first-order valence-electron chi connectivity index (χ1n) is 7.32. The number of aromatic amines is 1. The lowest BCUT2D eigenvalue weighted by Crippen LogP contribution is -2.28. The van der Waals surface area contributed by atoms with Gasteiger partial charge in [0.1, 0.15) is 0 Å². The fourth-order valence-corrected chi connectivity index (χ4v) is 2.05. The lowest BCUT2D eigenvalue weighted by Gasteiger charge is -2.07. The van der Waals surface area contributed by atoms with Crippen molar-refractivity contribution in [2.45, 2.75) is 39.7 Å². The zero-order chi connectivity index (χ0) is 15.1. The molecule has 0 atom stereocenters. The van der Waals surface area contributed by atoms with Crippen LogP contribution in [0.2, 0.25) is 0 Å². The Labute approximate surface area is 125 Å². The number of benzene rings is 1. The summed E-state index contributed by atoms with van der Waals surface area (Å²) in [6.45, 7) is 4.52. The molecule has 0 aliphatic carbocycles. The highest BCUT2D eigenvalue weighted by Crippen LogP contribution is 2.11. The first-order valence-corrected chi connectivity index (χ1v) is 7.32. The van der Waals surface area contributed by atoms with E-state index in [9.17, 15) is 4.79 Å². The molecule has 0 fully saturated rings. The third kappa shape index (κ3) is 4.95. The van der Waals surface area contributed by atoms with Gasteiger partial charge in [0.2, 0.25) is 0 Å². The number of nitrogens with one attached hydrogen (secondary N) is 3. The molecule has 1 heterocycles. The van der Waals surface area contributed by atoms with Crippen molar-refractivity contribution in [1.82, 2.24) is 15.5 Å². The number of aryl methyl sites for hydroxylation is 2. The molecule has 5 nitrogen and oxygen atoms in total. The maximum Gasteiger partial charge on any atom is 0.319 e. The zero-order valence-corrected chi connectivity index (χ0v) is 12.6. The number of hydrogen-bond donors (Lipinski definition) is 3. The monoisotopic (exact) mass is 286 g/mol. The Hall–Kier alpha value is -2.30. The van der Waals surface area contributed by atoms with Gasteiger partial charge >= 0.3 is 6.03 Å². The molecular formula is C16H22N4O. The third-order valence-electron chi connectivity index (χ3n) is 3.22. The highest BCUT2D eigenvalue weighted by atomic mass is 16.2. The maximum absolute atomic E-state index is 11.8. The summed E-state index contributed by atoms with van der Waals surface area (Å²) in [7, 11) is 0. The van der Waals surface area contributed by atoms with Gasteiger partial charge in [0, 0.05) is 11.4 Å². The lowest BCUT2D eigenvalue weighted by molar-refractivity contribution is 0.251. The minimum atomic E-state index is -0.225. The van der Waals surface area contributed by atoms with E-state index in [0.29, 0.717) is 6.54 Å². The largest absolute Gasteiger partial charge is 0.332 e. The van der Waals surface area contributed by atoms with Crippen molar-refractivity contribution in [2.75, 3.05) is 5.32 Å². The van der Waals surface area contributed by atoms with Crippen LogP contribution in [0.4, 0.5) is 10.5 Å². The van der Waals surface area contributed by atoms with E-state index in [1.165, 1.54) is 18.4 Å². The van der Waals surface area contributed by atoms with E-state index in [0.717, 1.165) is 23.5 Å². The van der Waals surface area contributed by atoms with Crippen molar-refractivity contribution < 1.29 is 4.79 Å². The topological polar surface area (TPSA) is 69.8 Å². The summed E-state index contributed by atoms with van der Waals surface area (Å²) in [5.74, 6) is 0. The molecule has 3 N–H and O–H groups in total. The van der Waals surface area contributed by atoms with Crippen LogP contribution in [0.1, 0.15) is 36.7 Å². The van der Waals surface area contributed by atoms with E-state index in [1.54, 1.807) is 0 Å². The van der Waals surface area contributed by atoms with Gasteiger partial charge in [-0.1, -0.05) is 25.5 Å². The molecule has 21 heavy (non-hydrogen) atoms. The maximum atomic E-state index is 11.8. The van der Waals surface area contributed by atoms with Gasteiger partial charge in [-0.05, 0) is 43.5 Å². The van der Waals surface area contributed by atoms with Crippen LogP contribution in [0.25, 0.3) is 0 Å². The predicted octanol–water partition coefficient (Wildman–Crippen LogP) is 3.38. The van der Waals surface area contributed by atoms with E-state index in [1.807, 2.05) is 25.1 Å². The van der Waals surface area contributed by atoms with E-state index < -0.39 is 0 Å². The van der Waals surface area contributed by atoms with Crippen molar-refractivity contribution in [2.24, 2.45) is 0 Å². The number of anilines is 1. The van der Waals surface area contributed by atoms with Gasteiger partial charge in [0.25, 0.3) is 0 Å². The fraction of sp³-hybridized carbons (Fsp3) is 0.375. The molecule has 2 aromatic rings. The summed E-state index contributed by atoms with van der Waals surface area (Å²) in [5.41, 5.74) is 3.90. The summed E-state index contributed by atoms with van der Waals surface area (Å²) in [4.78, 5) is 11.8. The molecule has 0 aliphatic rings. The first-order chi connectivity index (χ1) is 10.2. The average molecular weight is 286 g/mol. The Morgan fingerprint density at radius 2 is 2.05 bits per heavy atom. The Kier molecular flexibility index (Phi) is 5.37. The highest BCUT2D eigenvalue weighted by molar-refractivity contribution is 5.89. The van der Waals surface area contributed by atoms with E-state index in [-0.39, 0.29) is 6.03 Å². The molecule has 0 radical (unpaired) electrons. The molecule has 1 aromatic heterocycles. The van der Waals surface area contributed by atoms with Crippen LogP contribution in [-0.2, 0) is 13.0 Å². The van der Waals surface area contributed by atoms with Crippen molar-refractivity contribution in [3.63, 3.8) is 0 Å². The normalized spacial score (nSPS) is 10.4. The Balaban J connectivity index is 1.79. The standard InChI is InChI=1S/C16H22N4O/c1-3-4-5-13-6-8-14(9-7-13)18-16(21)17-11-15-10-12(2)19-20-15/h6-10H,3-5,11H2,1-2H3,(H,19,20)(H2,17,18,21). The molecule has 0 aliphatic heterocycles. The Morgan fingerprint density at radius 1 is 1.29 bits per heavy atom. The minimum Gasteiger partial charge on any atom is -0.332 e. The second-order valence-corrected chi connectivity index (χ2v) is 5.15. The first kappa shape index (κ1) is 15.1. The van der Waals surface area contributed by atoms with Crippen molar-refractivity contribution in [3.8, 4) is 0 Å². The van der Waals surface area contributed by atoms with Gasteiger partial charge in [-0.3, -0.25) is 5.10 Å². The summed E-state index contributed by atoms with van der Waals surface area (Å²) in [6, 6.07) is 9.66. The Bertz CT molecular complexity index is 574. The van der Waals surface area contributed by atoms with Crippen LogP contribution in [0.5, 0.6) is 0 Å². The quantitative estimate of drug-likeness (QED) is 0.762. The number of carbonyl (C=O) groups is 1. The summed E-state index contributed by atoms with van der Waals surface area (Å²) >= 11 is 0. The predicted molar refractivity (Wildman–Crippen MR) is 84.2 cm³/mol. The third-order valence-corrected chi connectivity index (χ3v) is 3.22. The number of H-pyrrole nitrogens is 1. The molecule has 0 spiro atoms. The number of aromatic nitrogens is 2. The molecule has 0 saturated carbocycles. The van der Waals surface area contributed by atoms with Gasteiger partial charge in [-0.15, -0.1) is 0 Å². The zero-order valence-electron chi connectivity index (χ0n) is 12.6. The van der Waals surface area contributed by atoms with Crippen LogP contribution >= 0.6 is 0 Å². The molecule has 1 aromatic carbocycles. The number of unbranched alkanes of at least 4 members (excludes halogenated alkanes) is 1. The van der Waals surface area contributed by atoms with Crippen LogP contribution in [0.15, 0.2) is 30.3 Å². The van der Waals surface area contributed by atoms with Gasteiger partial charge in [0.15, 0.2) is 0 Å². The molecule has 2 rings (SSSR count). The van der Waals surface area contributed by atoms with Crippen LogP contribution in [0.3, 0.4) is 0 Å². The van der Waals surface area contributed by atoms with E-state index in [4.69, 9.17) is 0 Å². The summed E-state index contributed by atoms with van der Waals surface area (Å²) < 4.78 is 0. The molecule has 0 bridgehead atoms. The number of rotatable bonds is 6. The second kappa shape index (κ2) is 7.47. The van der Waals surface area contributed by atoms with Gasteiger partial charge < -0.3 is 10.6 Å². The van der Waals surface area contributed by atoms with Gasteiger partial charge in [-0.25, -0.2) is 4.79 Å². The average Bonchev–Trinajstić information content (AvgIpc) is 2.90. The highest BCUT2D eigenvalue weighted by Gasteiger charge is 2.03. The van der Waals surface area contributed by atoms with Crippen LogP contribution in [-0.4, -0.2) is 16.2 Å². The van der Waals surface area contributed by atoms with Crippen LogP contribution in [0, 0.1) is 6.92 Å². The minimum absolute atomic E-state index is 0.225. The lowest BCUT2D eigenvalue weighted by atomic mass is 10.1. The summed E-state index contributed by atoms with van der Waals surface area (Å²) in [6.07, 6.45) is 3.47. The SMILES string of the molecule is CCCCc1ccc(NC(=O)NCc2cc(C)[nH]n2)cc1. The number of carbonyl (C=O) groups excluding carboxylic acids is 1. The Morgan fingerprint density at radius 3 is 2.67 bits per heavy atom. The molecule has 0 saturated heterocycles. The second-order valence-electron chi connectivity index (χ2n) is 5.15. The number of nitrogens with zero attached hydrogens (tertiary/aromatic N) is 1. The van der Waals surface area contributed by atoms with Crippen LogP contribution < -0.4 is 10.6 Å². The van der Waals surface area contributed by atoms with Crippen molar-refractivity contribution in [3.05, 3.63) is 47.3 Å². The molecule has 112 valence electrons. The van der Waals surface area contributed by atoms with Gasteiger partial charge in [0.05, 0.1) is 12.2 Å². The van der Waals surface area contributed by atoms with Crippen molar-refractivity contribution >= 4 is 11.7 Å². The molecule has 5 heteroatoms. The number of hydrogen-bond acceptors (Lipinski definition) is 2. The molecular weight excluding hydrogens is 264 g/mol. The fourth-order valence-electron chi connectivity index (χ4n) is 2.05. The summed E-state index contributed by atoms with van der Waals surface area (Å²) in [5, 5.41) is 12.5. The number of urea groups is 1. The molecule has 2 amide bonds. The van der Waals surface area contributed by atoms with Gasteiger partial charge in [-0.2, -0.15) is 5.10 Å². The molecule has 0 unspecified atom stereocenters. The smallest absolute Gasteiger partial charge is 0.319 e. The van der Waals surface area contributed by atoms with Crippen molar-refractivity contribution in [1.29, 1.82) is 0 Å². The van der Waals surface area contributed by atoms with E-state index in [2.05, 4.69) is 39.9 Å². The van der Waals surface area contributed by atoms with E-state index >= 15 is 0 Å².